The molecule has 0 spiro atoms. The number of carbonyl (C=O) groups is 3. The van der Waals surface area contributed by atoms with Crippen LogP contribution in [-0.4, -0.2) is 48.8 Å². The lowest BCUT2D eigenvalue weighted by molar-refractivity contribution is -0.137. The second-order valence-electron chi connectivity index (χ2n) is 9.31. The Bertz CT molecular complexity index is 2100. The lowest BCUT2D eigenvalue weighted by Gasteiger charge is -2.18. The van der Waals surface area contributed by atoms with Crippen LogP contribution in [0.1, 0.15) is 42.2 Å². The zero-order valence-corrected chi connectivity index (χ0v) is 23.0. The fourth-order valence-electron chi connectivity index (χ4n) is 4.66. The zero-order chi connectivity index (χ0) is 33.2. The summed E-state index contributed by atoms with van der Waals surface area (Å²) in [5, 5.41) is 6.65. The number of alkyl halides is 6. The van der Waals surface area contributed by atoms with Crippen molar-refractivity contribution in [3.05, 3.63) is 62.3 Å². The number of hydrogen-bond donors (Lipinski definition) is 4. The van der Waals surface area contributed by atoms with Gasteiger partial charge < -0.3 is 30.5 Å². The number of nitrogen functional groups attached to an aromatic ring is 1. The van der Waals surface area contributed by atoms with Crippen LogP contribution in [0.25, 0.3) is 45.1 Å². The highest BCUT2D eigenvalue weighted by Gasteiger charge is 2.40. The van der Waals surface area contributed by atoms with Gasteiger partial charge in [0.05, 0.1) is 22.4 Å². The number of anilines is 1. The van der Waals surface area contributed by atoms with Crippen molar-refractivity contribution >= 4 is 45.6 Å². The van der Waals surface area contributed by atoms with Crippen LogP contribution in [0.3, 0.4) is 0 Å². The molecule has 18 heteroatoms. The number of rotatable bonds is 4. The molecule has 1 aliphatic carbocycles. The van der Waals surface area contributed by atoms with Crippen molar-refractivity contribution in [2.24, 2.45) is 0 Å². The Hall–Kier alpha value is -5.68. The lowest BCUT2D eigenvalue weighted by Crippen LogP contribution is -2.27. The summed E-state index contributed by atoms with van der Waals surface area (Å²) in [4.78, 5) is 59.5. The van der Waals surface area contributed by atoms with Crippen LogP contribution in [0.5, 0.6) is 0 Å². The summed E-state index contributed by atoms with van der Waals surface area (Å²) in [5.41, 5.74) is -5.50. The average molecular weight is 636 g/mol. The summed E-state index contributed by atoms with van der Waals surface area (Å²) >= 11 is 0. The maximum Gasteiger partial charge on any atom is 0.420 e. The van der Waals surface area contributed by atoms with E-state index in [0.29, 0.717) is 12.1 Å². The van der Waals surface area contributed by atoms with E-state index in [1.807, 2.05) is 0 Å². The standard InChI is InChI=1S/C27H18F6N6O6/c1-35-22(41)8-4-6-10(26(28,29)30)19-15(8)38-17-12(24(43)37-3)14(34)18(40)13(21(17)44-19)25-39-16-9(23(42)36-2)5-7-11(20(16)45-25)27(31,32)33/h4-7H,34H2,1-3H3,(H,35,41)(H,36,42)(H,37,43). The van der Waals surface area contributed by atoms with Crippen molar-refractivity contribution in [2.45, 2.75) is 12.4 Å². The first-order chi connectivity index (χ1) is 21.0. The van der Waals surface area contributed by atoms with E-state index >= 15 is 0 Å². The molecule has 5 N–H and O–H groups in total. The Morgan fingerprint density at radius 1 is 0.733 bits per heavy atom. The molecule has 0 saturated carbocycles. The molecule has 0 unspecified atom stereocenters. The number of amides is 3. The molecule has 2 aromatic carbocycles. The van der Waals surface area contributed by atoms with Crippen LogP contribution >= 0.6 is 0 Å². The van der Waals surface area contributed by atoms with E-state index < -0.39 is 114 Å². The number of oxazole rings is 1. The van der Waals surface area contributed by atoms with E-state index in [1.54, 1.807) is 0 Å². The molecule has 0 radical (unpaired) electrons. The third kappa shape index (κ3) is 4.83. The van der Waals surface area contributed by atoms with Gasteiger partial charge in [-0.25, -0.2) is 9.97 Å². The molecule has 3 aromatic rings. The minimum atomic E-state index is -5.10. The molecule has 0 atom stereocenters. The van der Waals surface area contributed by atoms with Gasteiger partial charge in [-0.2, -0.15) is 26.3 Å². The summed E-state index contributed by atoms with van der Waals surface area (Å²) in [5.74, 6) is -4.66. The molecule has 1 aliphatic heterocycles. The quantitative estimate of drug-likeness (QED) is 0.130. The highest BCUT2D eigenvalue weighted by Crippen LogP contribution is 2.43. The number of nitrogens with two attached hydrogens (primary N) is 1. The Morgan fingerprint density at radius 3 is 1.67 bits per heavy atom. The molecule has 12 nitrogen and oxygen atoms in total. The van der Waals surface area contributed by atoms with E-state index in [1.165, 1.54) is 14.1 Å². The van der Waals surface area contributed by atoms with E-state index in [9.17, 15) is 45.5 Å². The number of nitrogens with zero attached hydrogens (tertiary/aromatic N) is 2. The van der Waals surface area contributed by atoms with Gasteiger partial charge in [0.1, 0.15) is 33.4 Å². The number of carbonyl (C=O) groups excluding carboxylic acids is 3. The molecule has 2 heterocycles. The predicted octanol–water partition coefficient (Wildman–Crippen LogP) is 3.80. The van der Waals surface area contributed by atoms with Gasteiger partial charge >= 0.3 is 12.4 Å². The molecular weight excluding hydrogens is 618 g/mol. The Kier molecular flexibility index (Phi) is 7.17. The van der Waals surface area contributed by atoms with E-state index in [-0.39, 0.29) is 0 Å². The summed E-state index contributed by atoms with van der Waals surface area (Å²) in [6.07, 6.45) is -10.1. The molecule has 1 aromatic heterocycles. The first-order valence-corrected chi connectivity index (χ1v) is 12.5. The van der Waals surface area contributed by atoms with Gasteiger partial charge in [0.25, 0.3) is 17.7 Å². The maximum absolute atomic E-state index is 14.1. The molecule has 0 bridgehead atoms. The van der Waals surface area contributed by atoms with Crippen LogP contribution < -0.4 is 27.1 Å². The molecule has 45 heavy (non-hydrogen) atoms. The topological polar surface area (TPSA) is 182 Å². The fraction of sp³-hybridized carbons (Fsp3) is 0.185. The Labute approximate surface area is 245 Å². The first kappa shape index (κ1) is 30.8. The van der Waals surface area contributed by atoms with Gasteiger partial charge in [-0.15, -0.1) is 0 Å². The number of nitrogens with one attached hydrogen (secondary N) is 3. The average Bonchev–Trinajstić information content (AvgIpc) is 3.42. The normalized spacial score (nSPS) is 12.1. The van der Waals surface area contributed by atoms with Gasteiger partial charge in [-0.1, -0.05) is 0 Å². The summed E-state index contributed by atoms with van der Waals surface area (Å²) in [7, 11) is 3.52. The van der Waals surface area contributed by atoms with Crippen molar-refractivity contribution in [3.63, 3.8) is 0 Å². The second-order valence-corrected chi connectivity index (χ2v) is 9.31. The van der Waals surface area contributed by atoms with Crippen LogP contribution in [0, 0.1) is 0 Å². The first-order valence-electron chi connectivity index (χ1n) is 12.5. The largest absolute Gasteiger partial charge is 0.451 e. The van der Waals surface area contributed by atoms with Crippen molar-refractivity contribution in [1.29, 1.82) is 0 Å². The highest BCUT2D eigenvalue weighted by atomic mass is 19.4. The van der Waals surface area contributed by atoms with Crippen molar-refractivity contribution in [1.82, 2.24) is 25.9 Å². The molecular formula is C27H18F6N6O6. The second kappa shape index (κ2) is 10.5. The van der Waals surface area contributed by atoms with Gasteiger partial charge in [0, 0.05) is 21.1 Å². The van der Waals surface area contributed by atoms with Crippen LogP contribution in [0.15, 0.2) is 37.9 Å². The van der Waals surface area contributed by atoms with Gasteiger partial charge in [0.15, 0.2) is 16.9 Å². The van der Waals surface area contributed by atoms with Crippen molar-refractivity contribution in [2.75, 3.05) is 26.9 Å². The van der Waals surface area contributed by atoms with Gasteiger partial charge in [0.2, 0.25) is 11.3 Å². The van der Waals surface area contributed by atoms with Crippen LogP contribution in [-0.2, 0) is 12.4 Å². The molecule has 5 rings (SSSR count). The maximum atomic E-state index is 14.1. The monoisotopic (exact) mass is 636 g/mol. The van der Waals surface area contributed by atoms with Crippen LogP contribution in [0.2, 0.25) is 0 Å². The smallest absolute Gasteiger partial charge is 0.420 e. The summed E-state index contributed by atoms with van der Waals surface area (Å²) < 4.78 is 95.0. The minimum Gasteiger partial charge on any atom is -0.451 e. The summed E-state index contributed by atoms with van der Waals surface area (Å²) in [6.45, 7) is 0. The molecule has 0 fully saturated rings. The van der Waals surface area contributed by atoms with Gasteiger partial charge in [-0.3, -0.25) is 19.2 Å². The van der Waals surface area contributed by atoms with E-state index in [4.69, 9.17) is 14.6 Å². The van der Waals surface area contributed by atoms with Crippen LogP contribution in [0.4, 0.5) is 32.0 Å². The fourth-order valence-corrected chi connectivity index (χ4v) is 4.66. The minimum absolute atomic E-state index is 0.405. The molecule has 2 aliphatic rings. The van der Waals surface area contributed by atoms with E-state index in [2.05, 4.69) is 25.9 Å². The number of aromatic nitrogens is 2. The number of hydrogen-bond acceptors (Lipinski definition) is 9. The molecule has 3 amide bonds. The van der Waals surface area contributed by atoms with E-state index in [0.717, 1.165) is 19.2 Å². The number of halogens is 6. The summed E-state index contributed by atoms with van der Waals surface area (Å²) in [6, 6.07) is 2.68. The molecule has 0 saturated heterocycles. The highest BCUT2D eigenvalue weighted by molar-refractivity contribution is 6.10. The van der Waals surface area contributed by atoms with Crippen molar-refractivity contribution < 1.29 is 49.6 Å². The number of fused-ring (bicyclic) bond motifs is 3. The Balaban J connectivity index is 2.02. The molecule has 234 valence electrons. The third-order valence-corrected chi connectivity index (χ3v) is 6.74. The number of benzene rings is 3. The SMILES string of the molecule is CNC(=O)c1c2nc3c(C(=O)NC)ccc(C(F)(F)F)c3oc-2c(-c2nc3c(C(=O)NC)ccc(C(F)(F)F)c3o2)c(=O)c1N. The van der Waals surface area contributed by atoms with Gasteiger partial charge in [-0.05, 0) is 24.3 Å². The Morgan fingerprint density at radius 2 is 1.20 bits per heavy atom. The zero-order valence-electron chi connectivity index (χ0n) is 23.0. The van der Waals surface area contributed by atoms with Crippen molar-refractivity contribution in [3.8, 4) is 22.9 Å². The predicted molar refractivity (Wildman–Crippen MR) is 144 cm³/mol. The third-order valence-electron chi connectivity index (χ3n) is 6.74. The lowest BCUT2D eigenvalue weighted by atomic mass is 9.98.